The smallest absolute Gasteiger partial charge is 0.302 e. The molecule has 0 amide bonds. The minimum absolute atomic E-state index is 0.336. The number of hydrogen-bond donors (Lipinski definition) is 0. The number of rotatable bonds is 7. The number of nitriles is 1. The molecule has 1 aliphatic carbocycles. The lowest BCUT2D eigenvalue weighted by Crippen LogP contribution is -2.51. The van der Waals surface area contributed by atoms with E-state index in [0.29, 0.717) is 5.56 Å². The molecule has 1 saturated carbocycles. The van der Waals surface area contributed by atoms with Gasteiger partial charge in [0, 0.05) is 13.5 Å². The minimum Gasteiger partial charge on any atom is -0.302 e. The predicted octanol–water partition coefficient (Wildman–Crippen LogP) is 7.13. The van der Waals surface area contributed by atoms with Gasteiger partial charge in [-0.05, 0) is 55.5 Å². The van der Waals surface area contributed by atoms with Crippen molar-refractivity contribution in [1.29, 1.82) is 5.26 Å². The minimum atomic E-state index is -4.86. The Morgan fingerprint density at radius 2 is 1.48 bits per heavy atom. The average Bonchev–Trinajstić information content (AvgIpc) is 2.67. The highest BCUT2D eigenvalue weighted by atomic mass is 19.4. The first kappa shape index (κ1) is 26.7. The first-order valence-electron chi connectivity index (χ1n) is 10.7. The third-order valence-electron chi connectivity index (χ3n) is 5.88. The Balaban J connectivity index is 0.00000122. The molecule has 1 fully saturated rings. The SMILES string of the molecule is CC#N.CN(CCCc1ccc(C2CC(C(F)(F)F)C2C(F)(F)F)cc1)Cc1ccccc1. The second kappa shape index (κ2) is 11.6. The molecule has 33 heavy (non-hydrogen) atoms. The number of alkyl halides is 6. The first-order chi connectivity index (χ1) is 15.5. The zero-order valence-electron chi connectivity index (χ0n) is 18.6. The zero-order valence-corrected chi connectivity index (χ0v) is 18.6. The molecule has 3 atom stereocenters. The fourth-order valence-corrected chi connectivity index (χ4v) is 4.25. The Hall–Kier alpha value is -2.53. The van der Waals surface area contributed by atoms with Crippen LogP contribution in [0.15, 0.2) is 54.6 Å². The lowest BCUT2D eigenvalue weighted by Gasteiger charge is -2.46. The van der Waals surface area contributed by atoms with E-state index in [1.807, 2.05) is 25.2 Å². The van der Waals surface area contributed by atoms with E-state index in [1.54, 1.807) is 30.3 Å². The third kappa shape index (κ3) is 7.78. The molecule has 180 valence electrons. The van der Waals surface area contributed by atoms with E-state index in [2.05, 4.69) is 17.0 Å². The number of hydrogen-bond acceptors (Lipinski definition) is 2. The van der Waals surface area contributed by atoms with Crippen molar-refractivity contribution < 1.29 is 26.3 Å². The van der Waals surface area contributed by atoms with Crippen molar-refractivity contribution in [1.82, 2.24) is 4.90 Å². The molecular formula is C25H28F6N2. The number of aryl methyl sites for hydroxylation is 1. The summed E-state index contributed by atoms with van der Waals surface area (Å²) in [5.41, 5.74) is 2.53. The van der Waals surface area contributed by atoms with Crippen molar-refractivity contribution in [2.24, 2.45) is 11.8 Å². The van der Waals surface area contributed by atoms with Crippen LogP contribution >= 0.6 is 0 Å². The summed E-state index contributed by atoms with van der Waals surface area (Å²) in [4.78, 5) is 2.20. The predicted molar refractivity (Wildman–Crippen MR) is 115 cm³/mol. The number of halogens is 6. The van der Waals surface area contributed by atoms with E-state index in [0.717, 1.165) is 31.5 Å². The second-order valence-electron chi connectivity index (χ2n) is 8.35. The Labute approximate surface area is 190 Å². The van der Waals surface area contributed by atoms with E-state index in [9.17, 15) is 26.3 Å². The van der Waals surface area contributed by atoms with Crippen molar-refractivity contribution in [3.05, 3.63) is 71.3 Å². The summed E-state index contributed by atoms with van der Waals surface area (Å²) in [6, 6.07) is 18.4. The topological polar surface area (TPSA) is 27.0 Å². The van der Waals surface area contributed by atoms with Gasteiger partial charge in [-0.15, -0.1) is 0 Å². The van der Waals surface area contributed by atoms with Crippen LogP contribution in [0.1, 0.15) is 42.4 Å². The van der Waals surface area contributed by atoms with Crippen LogP contribution in [0, 0.1) is 23.2 Å². The first-order valence-corrected chi connectivity index (χ1v) is 10.7. The average molecular weight is 471 g/mol. The number of benzene rings is 2. The van der Waals surface area contributed by atoms with Crippen molar-refractivity contribution in [3.63, 3.8) is 0 Å². The van der Waals surface area contributed by atoms with Gasteiger partial charge in [-0.25, -0.2) is 0 Å². The second-order valence-corrected chi connectivity index (χ2v) is 8.35. The van der Waals surface area contributed by atoms with Crippen LogP contribution in [0.4, 0.5) is 26.3 Å². The molecule has 2 nitrogen and oxygen atoms in total. The van der Waals surface area contributed by atoms with Gasteiger partial charge in [0.05, 0.1) is 17.9 Å². The molecule has 0 spiro atoms. The van der Waals surface area contributed by atoms with Crippen molar-refractivity contribution in [3.8, 4) is 6.07 Å². The standard InChI is InChI=1S/C23H25F6N.C2H3N/c1-30(15-17-6-3-2-4-7-17)13-5-8-16-9-11-18(12-10-16)19-14-20(22(24,25)26)21(19)23(27,28)29;1-2-3/h2-4,6-7,9-12,19-21H,5,8,13-15H2,1H3;1H3. The molecule has 0 bridgehead atoms. The third-order valence-corrected chi connectivity index (χ3v) is 5.88. The van der Waals surface area contributed by atoms with Crippen LogP contribution < -0.4 is 0 Å². The van der Waals surface area contributed by atoms with E-state index in [4.69, 9.17) is 5.26 Å². The molecule has 0 radical (unpaired) electrons. The molecule has 0 aliphatic heterocycles. The maximum Gasteiger partial charge on any atom is 0.393 e. The van der Waals surface area contributed by atoms with Crippen molar-refractivity contribution in [2.75, 3.05) is 13.6 Å². The molecular weight excluding hydrogens is 442 g/mol. The molecule has 0 heterocycles. The summed E-state index contributed by atoms with van der Waals surface area (Å²) in [6.07, 6.45) is -8.53. The van der Waals surface area contributed by atoms with Crippen LogP contribution in [-0.2, 0) is 13.0 Å². The molecule has 8 heteroatoms. The van der Waals surface area contributed by atoms with E-state index in [-0.39, 0.29) is 0 Å². The summed E-state index contributed by atoms with van der Waals surface area (Å²) in [5.74, 6) is -5.78. The maximum atomic E-state index is 13.2. The molecule has 3 unspecified atom stereocenters. The lowest BCUT2D eigenvalue weighted by atomic mass is 9.61. The summed E-state index contributed by atoms with van der Waals surface area (Å²) >= 11 is 0. The maximum absolute atomic E-state index is 13.2. The quantitative estimate of drug-likeness (QED) is 0.403. The molecule has 3 rings (SSSR count). The Morgan fingerprint density at radius 3 is 2.00 bits per heavy atom. The Bertz CT molecular complexity index is 884. The van der Waals surface area contributed by atoms with E-state index < -0.39 is 36.5 Å². The van der Waals surface area contributed by atoms with Crippen LogP contribution in [0.2, 0.25) is 0 Å². The molecule has 0 aromatic heterocycles. The van der Waals surface area contributed by atoms with Crippen LogP contribution in [-0.4, -0.2) is 30.8 Å². The van der Waals surface area contributed by atoms with E-state index in [1.165, 1.54) is 12.5 Å². The molecule has 2 aromatic carbocycles. The van der Waals surface area contributed by atoms with Crippen LogP contribution in [0.25, 0.3) is 0 Å². The summed E-state index contributed by atoms with van der Waals surface area (Å²) in [6.45, 7) is 3.13. The number of nitrogens with zero attached hydrogens (tertiary/aromatic N) is 2. The van der Waals surface area contributed by atoms with Crippen molar-refractivity contribution >= 4 is 0 Å². The summed E-state index contributed by atoms with van der Waals surface area (Å²) in [7, 11) is 2.03. The Kier molecular flexibility index (Phi) is 9.35. The fourth-order valence-electron chi connectivity index (χ4n) is 4.25. The molecule has 1 aliphatic rings. The summed E-state index contributed by atoms with van der Waals surface area (Å²) in [5, 5.41) is 7.32. The lowest BCUT2D eigenvalue weighted by molar-refractivity contribution is -0.292. The fraction of sp³-hybridized carbons (Fsp3) is 0.480. The summed E-state index contributed by atoms with van der Waals surface area (Å²) < 4.78 is 78.2. The largest absolute Gasteiger partial charge is 0.393 e. The van der Waals surface area contributed by atoms with Gasteiger partial charge in [-0.3, -0.25) is 0 Å². The van der Waals surface area contributed by atoms with Gasteiger partial charge in [0.25, 0.3) is 0 Å². The highest BCUT2D eigenvalue weighted by molar-refractivity contribution is 5.29. The van der Waals surface area contributed by atoms with Gasteiger partial charge in [0.1, 0.15) is 0 Å². The normalized spacial score (nSPS) is 20.4. The van der Waals surface area contributed by atoms with Gasteiger partial charge in [-0.2, -0.15) is 31.6 Å². The van der Waals surface area contributed by atoms with Gasteiger partial charge >= 0.3 is 12.4 Å². The van der Waals surface area contributed by atoms with Crippen LogP contribution in [0.5, 0.6) is 0 Å². The van der Waals surface area contributed by atoms with E-state index >= 15 is 0 Å². The molecule has 0 N–H and O–H groups in total. The monoisotopic (exact) mass is 470 g/mol. The van der Waals surface area contributed by atoms with Crippen molar-refractivity contribution in [2.45, 2.75) is 51.0 Å². The van der Waals surface area contributed by atoms with Crippen LogP contribution in [0.3, 0.4) is 0 Å². The van der Waals surface area contributed by atoms with Gasteiger partial charge in [0.2, 0.25) is 0 Å². The zero-order chi connectivity index (χ0) is 24.6. The highest BCUT2D eigenvalue weighted by Gasteiger charge is 2.64. The highest BCUT2D eigenvalue weighted by Crippen LogP contribution is 2.59. The molecule has 0 saturated heterocycles. The Morgan fingerprint density at radius 1 is 0.909 bits per heavy atom. The van der Waals surface area contributed by atoms with Gasteiger partial charge in [0.15, 0.2) is 0 Å². The van der Waals surface area contributed by atoms with Gasteiger partial charge in [-0.1, -0.05) is 54.6 Å². The molecule has 2 aromatic rings. The van der Waals surface area contributed by atoms with Gasteiger partial charge < -0.3 is 4.90 Å².